The van der Waals surface area contributed by atoms with Gasteiger partial charge in [0.05, 0.1) is 15.7 Å². The van der Waals surface area contributed by atoms with Crippen molar-refractivity contribution in [3.63, 3.8) is 0 Å². The van der Waals surface area contributed by atoms with Gasteiger partial charge in [-0.25, -0.2) is 0 Å². The number of nitriles is 1. The molecular weight excluding hydrogens is 349 g/mol. The Morgan fingerprint density at radius 1 is 1.14 bits per heavy atom. The van der Waals surface area contributed by atoms with Gasteiger partial charge in [0.2, 0.25) is 0 Å². The molecule has 1 N–H and O–H groups in total. The number of rotatable bonds is 3. The molecule has 2 aromatic carbocycles. The summed E-state index contributed by atoms with van der Waals surface area (Å²) in [5, 5.41) is 11.9. The average molecular weight is 357 g/mol. The SMILES string of the molecule is N#Cc1ccccc1Nc1ccc(OC(F)(F)F)c(Br)c1. The Labute approximate surface area is 127 Å². The van der Waals surface area contributed by atoms with Gasteiger partial charge in [0.15, 0.2) is 0 Å². The number of para-hydroxylation sites is 1. The molecule has 0 radical (unpaired) electrons. The third kappa shape index (κ3) is 4.13. The lowest BCUT2D eigenvalue weighted by Crippen LogP contribution is -2.17. The van der Waals surface area contributed by atoms with Crippen LogP contribution in [0.1, 0.15) is 5.56 Å². The molecule has 2 rings (SSSR count). The van der Waals surface area contributed by atoms with Crippen LogP contribution in [0.4, 0.5) is 24.5 Å². The molecular formula is C14H8BrF3N2O. The summed E-state index contributed by atoms with van der Waals surface area (Å²) < 4.78 is 40.5. The quantitative estimate of drug-likeness (QED) is 0.844. The summed E-state index contributed by atoms with van der Waals surface area (Å²) in [6.07, 6.45) is -4.75. The molecule has 0 aliphatic rings. The third-order valence-corrected chi connectivity index (χ3v) is 3.10. The summed E-state index contributed by atoms with van der Waals surface area (Å²) in [6.45, 7) is 0. The van der Waals surface area contributed by atoms with E-state index in [0.29, 0.717) is 16.9 Å². The molecule has 3 nitrogen and oxygen atoms in total. The first-order chi connectivity index (χ1) is 9.89. The molecule has 2 aromatic rings. The van der Waals surface area contributed by atoms with Gasteiger partial charge >= 0.3 is 6.36 Å². The number of hydrogen-bond acceptors (Lipinski definition) is 3. The standard InChI is InChI=1S/C14H8BrF3N2O/c15-11-7-10(5-6-13(11)21-14(16,17)18)20-12-4-2-1-3-9(12)8-19/h1-7,20H. The molecule has 0 unspecified atom stereocenters. The minimum Gasteiger partial charge on any atom is -0.405 e. The summed E-state index contributed by atoms with van der Waals surface area (Å²) in [4.78, 5) is 0. The summed E-state index contributed by atoms with van der Waals surface area (Å²) in [7, 11) is 0. The van der Waals surface area contributed by atoms with Crippen molar-refractivity contribution in [1.29, 1.82) is 5.26 Å². The average Bonchev–Trinajstić information content (AvgIpc) is 2.41. The normalized spacial score (nSPS) is 10.8. The fourth-order valence-corrected chi connectivity index (χ4v) is 2.09. The molecule has 0 aliphatic carbocycles. The molecule has 0 saturated heterocycles. The van der Waals surface area contributed by atoms with E-state index in [0.717, 1.165) is 0 Å². The minimum atomic E-state index is -4.75. The van der Waals surface area contributed by atoms with Crippen molar-refractivity contribution >= 4 is 27.3 Å². The first kappa shape index (κ1) is 15.2. The molecule has 0 amide bonds. The summed E-state index contributed by atoms with van der Waals surface area (Å²) >= 11 is 3.02. The van der Waals surface area contributed by atoms with Crippen LogP contribution in [-0.4, -0.2) is 6.36 Å². The number of nitrogens with one attached hydrogen (secondary N) is 1. The van der Waals surface area contributed by atoms with Gasteiger partial charge in [-0.15, -0.1) is 13.2 Å². The second-order valence-electron chi connectivity index (χ2n) is 3.98. The molecule has 108 valence electrons. The van der Waals surface area contributed by atoms with Gasteiger partial charge in [0.25, 0.3) is 0 Å². The van der Waals surface area contributed by atoms with Crippen molar-refractivity contribution in [2.45, 2.75) is 6.36 Å². The van der Waals surface area contributed by atoms with Crippen molar-refractivity contribution in [3.8, 4) is 11.8 Å². The highest BCUT2D eigenvalue weighted by molar-refractivity contribution is 9.10. The van der Waals surface area contributed by atoms with Crippen molar-refractivity contribution < 1.29 is 17.9 Å². The topological polar surface area (TPSA) is 45.0 Å². The zero-order valence-electron chi connectivity index (χ0n) is 10.4. The lowest BCUT2D eigenvalue weighted by atomic mass is 10.2. The Bertz CT molecular complexity index is 695. The maximum absolute atomic E-state index is 12.2. The zero-order valence-corrected chi connectivity index (χ0v) is 12.0. The van der Waals surface area contributed by atoms with E-state index in [2.05, 4.69) is 26.0 Å². The van der Waals surface area contributed by atoms with Crippen LogP contribution in [0.2, 0.25) is 0 Å². The number of ether oxygens (including phenoxy) is 1. The van der Waals surface area contributed by atoms with E-state index in [-0.39, 0.29) is 10.2 Å². The van der Waals surface area contributed by atoms with Crippen LogP contribution in [0.25, 0.3) is 0 Å². The number of halogens is 4. The van der Waals surface area contributed by atoms with Gasteiger partial charge in [-0.2, -0.15) is 5.26 Å². The Hall–Kier alpha value is -2.20. The van der Waals surface area contributed by atoms with Gasteiger partial charge in [-0.3, -0.25) is 0 Å². The summed E-state index contributed by atoms with van der Waals surface area (Å²) in [5.41, 5.74) is 1.53. The minimum absolute atomic E-state index is 0.152. The lowest BCUT2D eigenvalue weighted by Gasteiger charge is -2.13. The highest BCUT2D eigenvalue weighted by Crippen LogP contribution is 2.33. The van der Waals surface area contributed by atoms with E-state index < -0.39 is 6.36 Å². The second-order valence-corrected chi connectivity index (χ2v) is 4.83. The van der Waals surface area contributed by atoms with Gasteiger partial charge < -0.3 is 10.1 Å². The number of benzene rings is 2. The first-order valence-electron chi connectivity index (χ1n) is 5.70. The van der Waals surface area contributed by atoms with Crippen LogP contribution in [0.15, 0.2) is 46.9 Å². The number of nitrogens with zero attached hydrogens (tertiary/aromatic N) is 1. The van der Waals surface area contributed by atoms with E-state index in [9.17, 15) is 13.2 Å². The van der Waals surface area contributed by atoms with E-state index >= 15 is 0 Å². The monoisotopic (exact) mass is 356 g/mol. The molecule has 0 spiro atoms. The van der Waals surface area contributed by atoms with E-state index in [1.165, 1.54) is 18.2 Å². The van der Waals surface area contributed by atoms with Crippen LogP contribution >= 0.6 is 15.9 Å². The number of alkyl halides is 3. The maximum atomic E-state index is 12.2. The molecule has 21 heavy (non-hydrogen) atoms. The van der Waals surface area contributed by atoms with Gasteiger partial charge in [0.1, 0.15) is 11.8 Å². The van der Waals surface area contributed by atoms with Crippen molar-refractivity contribution in [2.75, 3.05) is 5.32 Å². The zero-order chi connectivity index (χ0) is 15.5. The highest BCUT2D eigenvalue weighted by atomic mass is 79.9. The van der Waals surface area contributed by atoms with Crippen LogP contribution in [0.3, 0.4) is 0 Å². The van der Waals surface area contributed by atoms with Crippen molar-refractivity contribution in [2.24, 2.45) is 0 Å². The fraction of sp³-hybridized carbons (Fsp3) is 0.0714. The largest absolute Gasteiger partial charge is 0.573 e. The summed E-state index contributed by atoms with van der Waals surface area (Å²) in [5.74, 6) is -0.332. The number of hydrogen-bond donors (Lipinski definition) is 1. The number of anilines is 2. The van der Waals surface area contributed by atoms with Crippen LogP contribution in [-0.2, 0) is 0 Å². The van der Waals surface area contributed by atoms with Crippen LogP contribution in [0, 0.1) is 11.3 Å². The molecule has 0 heterocycles. The lowest BCUT2D eigenvalue weighted by molar-refractivity contribution is -0.274. The molecule has 0 bridgehead atoms. The third-order valence-electron chi connectivity index (χ3n) is 2.48. The summed E-state index contributed by atoms with van der Waals surface area (Å²) in [6, 6.07) is 12.9. The maximum Gasteiger partial charge on any atom is 0.573 e. The Kier molecular flexibility index (Phi) is 4.38. The van der Waals surface area contributed by atoms with Crippen LogP contribution in [0.5, 0.6) is 5.75 Å². The molecule has 0 aliphatic heterocycles. The molecule has 0 aromatic heterocycles. The second kappa shape index (κ2) is 6.06. The van der Waals surface area contributed by atoms with E-state index in [1.807, 2.05) is 6.07 Å². The highest BCUT2D eigenvalue weighted by Gasteiger charge is 2.31. The Morgan fingerprint density at radius 2 is 1.86 bits per heavy atom. The smallest absolute Gasteiger partial charge is 0.405 e. The van der Waals surface area contributed by atoms with E-state index in [1.54, 1.807) is 24.3 Å². The molecule has 7 heteroatoms. The van der Waals surface area contributed by atoms with Gasteiger partial charge in [0, 0.05) is 5.69 Å². The predicted octanol–water partition coefficient (Wildman–Crippen LogP) is 4.96. The van der Waals surface area contributed by atoms with Crippen molar-refractivity contribution in [3.05, 3.63) is 52.5 Å². The van der Waals surface area contributed by atoms with Crippen LogP contribution < -0.4 is 10.1 Å². The fourth-order valence-electron chi connectivity index (χ4n) is 1.63. The predicted molar refractivity (Wildman–Crippen MR) is 75.3 cm³/mol. The Balaban J connectivity index is 2.23. The van der Waals surface area contributed by atoms with Crippen molar-refractivity contribution in [1.82, 2.24) is 0 Å². The Morgan fingerprint density at radius 3 is 2.48 bits per heavy atom. The molecule has 0 fully saturated rings. The molecule has 0 atom stereocenters. The molecule has 0 saturated carbocycles. The van der Waals surface area contributed by atoms with Gasteiger partial charge in [-0.1, -0.05) is 12.1 Å². The van der Waals surface area contributed by atoms with Gasteiger partial charge in [-0.05, 0) is 46.3 Å². The first-order valence-corrected chi connectivity index (χ1v) is 6.50. The van der Waals surface area contributed by atoms with E-state index in [4.69, 9.17) is 5.26 Å².